The maximum absolute atomic E-state index is 11.2. The van der Waals surface area contributed by atoms with Crippen molar-refractivity contribution in [2.45, 2.75) is 12.1 Å². The van der Waals surface area contributed by atoms with E-state index in [9.17, 15) is 4.79 Å². The summed E-state index contributed by atoms with van der Waals surface area (Å²) < 4.78 is 11.8. The molecule has 2 fully saturated rings. The maximum Gasteiger partial charge on any atom is 0.335 e. The average molecular weight is 479 g/mol. The molecule has 2 aliphatic rings. The number of benzene rings is 1. The first-order chi connectivity index (χ1) is 16.6. The standard InChI is InChI=1S/C25H26N4O4S/c30-24(31)18-6-4-17(5-7-18)20-8-9-21(33-20)23-22(19-3-1-2-10-26-19)27-25(34)29(23)12-11-28-13-15-32-16-14-28/h1-10,22-23H,11-16H2,(H,27,34)(H,30,31)/t22-,23-/m1/s1. The van der Waals surface area contributed by atoms with E-state index in [1.807, 2.05) is 30.3 Å². The Morgan fingerprint density at radius 3 is 2.59 bits per heavy atom. The van der Waals surface area contributed by atoms with Crippen LogP contribution < -0.4 is 5.32 Å². The Hall–Kier alpha value is -3.27. The number of ether oxygens (including phenoxy) is 1. The van der Waals surface area contributed by atoms with Gasteiger partial charge in [-0.1, -0.05) is 18.2 Å². The fourth-order valence-electron chi connectivity index (χ4n) is 4.47. The largest absolute Gasteiger partial charge is 0.478 e. The van der Waals surface area contributed by atoms with E-state index < -0.39 is 5.97 Å². The van der Waals surface area contributed by atoms with Gasteiger partial charge in [-0.25, -0.2) is 4.79 Å². The van der Waals surface area contributed by atoms with Gasteiger partial charge in [-0.3, -0.25) is 9.88 Å². The molecule has 0 saturated carbocycles. The van der Waals surface area contributed by atoms with Crippen LogP contribution in [0.15, 0.2) is 65.2 Å². The summed E-state index contributed by atoms with van der Waals surface area (Å²) in [5.74, 6) is 0.506. The van der Waals surface area contributed by atoms with Crippen LogP contribution in [0.3, 0.4) is 0 Å². The molecule has 0 unspecified atom stereocenters. The normalized spacial score (nSPS) is 20.9. The maximum atomic E-state index is 11.2. The second-order valence-corrected chi connectivity index (χ2v) is 8.75. The molecule has 0 bridgehead atoms. The second kappa shape index (κ2) is 9.92. The number of morpholine rings is 1. The third-order valence-corrected chi connectivity index (χ3v) is 6.65. The van der Waals surface area contributed by atoms with Crippen molar-refractivity contribution in [3.05, 3.63) is 77.8 Å². The number of rotatable bonds is 7. The number of pyridine rings is 1. The molecule has 2 aliphatic heterocycles. The van der Waals surface area contributed by atoms with Crippen LogP contribution in [-0.2, 0) is 4.74 Å². The lowest BCUT2D eigenvalue weighted by atomic mass is 10.0. The van der Waals surface area contributed by atoms with Gasteiger partial charge in [-0.05, 0) is 48.6 Å². The number of hydrogen-bond acceptors (Lipinski definition) is 6. The van der Waals surface area contributed by atoms with Crippen LogP contribution in [0.5, 0.6) is 0 Å². The number of aromatic carboxylic acids is 1. The van der Waals surface area contributed by atoms with Crippen LogP contribution in [0.2, 0.25) is 0 Å². The Labute approximate surface area is 203 Å². The number of carbonyl (C=O) groups is 1. The molecule has 176 valence electrons. The molecule has 1 aromatic carbocycles. The predicted octanol–water partition coefficient (Wildman–Crippen LogP) is 3.34. The molecular formula is C25H26N4O4S. The first-order valence-electron chi connectivity index (χ1n) is 11.3. The number of carboxylic acids is 1. The summed E-state index contributed by atoms with van der Waals surface area (Å²) in [6, 6.07) is 16.1. The van der Waals surface area contributed by atoms with Crippen LogP contribution in [0, 0.1) is 0 Å². The molecule has 0 spiro atoms. The zero-order valence-corrected chi connectivity index (χ0v) is 19.4. The van der Waals surface area contributed by atoms with Crippen LogP contribution >= 0.6 is 12.2 Å². The van der Waals surface area contributed by atoms with E-state index >= 15 is 0 Å². The summed E-state index contributed by atoms with van der Waals surface area (Å²) in [5, 5.41) is 13.3. The molecule has 0 radical (unpaired) electrons. The van der Waals surface area contributed by atoms with Gasteiger partial charge in [0, 0.05) is 37.9 Å². The van der Waals surface area contributed by atoms with E-state index in [-0.39, 0.29) is 17.6 Å². The number of hydrogen-bond donors (Lipinski definition) is 2. The Bertz CT molecular complexity index is 1150. The first kappa shape index (κ1) is 22.5. The molecule has 3 aromatic rings. The third kappa shape index (κ3) is 4.68. The lowest BCUT2D eigenvalue weighted by molar-refractivity contribution is 0.0347. The molecule has 4 heterocycles. The molecule has 34 heavy (non-hydrogen) atoms. The van der Waals surface area contributed by atoms with Crippen molar-refractivity contribution in [1.29, 1.82) is 0 Å². The van der Waals surface area contributed by atoms with Crippen LogP contribution in [-0.4, -0.2) is 70.4 Å². The molecule has 2 atom stereocenters. The number of carboxylic acid groups (broad SMARTS) is 1. The second-order valence-electron chi connectivity index (χ2n) is 8.36. The number of nitrogens with one attached hydrogen (secondary N) is 1. The quantitative estimate of drug-likeness (QED) is 0.496. The summed E-state index contributed by atoms with van der Waals surface area (Å²) in [6.45, 7) is 4.97. The highest BCUT2D eigenvalue weighted by Crippen LogP contribution is 2.40. The molecular weight excluding hydrogens is 452 g/mol. The molecule has 0 aliphatic carbocycles. The summed E-state index contributed by atoms with van der Waals surface area (Å²) in [5.41, 5.74) is 1.96. The zero-order chi connectivity index (χ0) is 23.5. The minimum atomic E-state index is -0.952. The van der Waals surface area contributed by atoms with Gasteiger partial charge in [0.25, 0.3) is 0 Å². The molecule has 9 heteroatoms. The monoisotopic (exact) mass is 478 g/mol. The topological polar surface area (TPSA) is 91.1 Å². The van der Waals surface area contributed by atoms with E-state index in [1.54, 1.807) is 30.5 Å². The number of aromatic nitrogens is 1. The molecule has 2 aromatic heterocycles. The van der Waals surface area contributed by atoms with E-state index in [0.29, 0.717) is 10.9 Å². The van der Waals surface area contributed by atoms with Gasteiger partial charge < -0.3 is 24.5 Å². The van der Waals surface area contributed by atoms with E-state index in [4.69, 9.17) is 26.5 Å². The molecule has 2 saturated heterocycles. The van der Waals surface area contributed by atoms with E-state index in [0.717, 1.165) is 56.4 Å². The smallest absolute Gasteiger partial charge is 0.335 e. The number of nitrogens with zero attached hydrogens (tertiary/aromatic N) is 3. The Morgan fingerprint density at radius 2 is 1.88 bits per heavy atom. The van der Waals surface area contributed by atoms with Gasteiger partial charge in [0.1, 0.15) is 17.6 Å². The van der Waals surface area contributed by atoms with Crippen molar-refractivity contribution < 1.29 is 19.1 Å². The Kier molecular flexibility index (Phi) is 6.57. The molecule has 5 rings (SSSR count). The van der Waals surface area contributed by atoms with Crippen molar-refractivity contribution in [1.82, 2.24) is 20.1 Å². The average Bonchev–Trinajstić information content (AvgIpc) is 3.48. The van der Waals surface area contributed by atoms with Gasteiger partial charge >= 0.3 is 5.97 Å². The summed E-state index contributed by atoms with van der Waals surface area (Å²) in [6.07, 6.45) is 1.78. The van der Waals surface area contributed by atoms with Crippen molar-refractivity contribution in [2.75, 3.05) is 39.4 Å². The van der Waals surface area contributed by atoms with Crippen LogP contribution in [0.1, 0.15) is 33.9 Å². The van der Waals surface area contributed by atoms with Gasteiger partial charge in [0.05, 0.1) is 30.5 Å². The molecule has 8 nitrogen and oxygen atoms in total. The SMILES string of the molecule is O=C(O)c1ccc(-c2ccc([C@@H]3[C@@H](c4ccccn4)NC(=S)N3CCN3CCOCC3)o2)cc1. The highest BCUT2D eigenvalue weighted by atomic mass is 32.1. The fraction of sp³-hybridized carbons (Fsp3) is 0.320. The predicted molar refractivity (Wildman–Crippen MR) is 131 cm³/mol. The van der Waals surface area contributed by atoms with Gasteiger partial charge in [0.15, 0.2) is 5.11 Å². The van der Waals surface area contributed by atoms with Crippen molar-refractivity contribution in [2.24, 2.45) is 0 Å². The minimum Gasteiger partial charge on any atom is -0.478 e. The number of thiocarbonyl (C=S) groups is 1. The van der Waals surface area contributed by atoms with Crippen molar-refractivity contribution >= 4 is 23.3 Å². The minimum absolute atomic E-state index is 0.147. The summed E-state index contributed by atoms with van der Waals surface area (Å²) in [7, 11) is 0. The van der Waals surface area contributed by atoms with Gasteiger partial charge in [-0.15, -0.1) is 0 Å². The Balaban J connectivity index is 1.43. The van der Waals surface area contributed by atoms with Crippen LogP contribution in [0.4, 0.5) is 0 Å². The van der Waals surface area contributed by atoms with Crippen molar-refractivity contribution in [3.63, 3.8) is 0 Å². The third-order valence-electron chi connectivity index (χ3n) is 6.29. The van der Waals surface area contributed by atoms with Gasteiger partial charge in [-0.2, -0.15) is 0 Å². The summed E-state index contributed by atoms with van der Waals surface area (Å²) >= 11 is 5.75. The lowest BCUT2D eigenvalue weighted by Gasteiger charge is -2.31. The number of furan rings is 1. The lowest BCUT2D eigenvalue weighted by Crippen LogP contribution is -2.42. The molecule has 2 N–H and O–H groups in total. The van der Waals surface area contributed by atoms with E-state index in [2.05, 4.69) is 20.1 Å². The highest BCUT2D eigenvalue weighted by Gasteiger charge is 2.41. The highest BCUT2D eigenvalue weighted by molar-refractivity contribution is 7.80. The first-order valence-corrected chi connectivity index (χ1v) is 11.7. The summed E-state index contributed by atoms with van der Waals surface area (Å²) in [4.78, 5) is 20.3. The fourth-order valence-corrected chi connectivity index (χ4v) is 4.81. The zero-order valence-electron chi connectivity index (χ0n) is 18.6. The molecule has 0 amide bonds. The van der Waals surface area contributed by atoms with Gasteiger partial charge in [0.2, 0.25) is 0 Å². The van der Waals surface area contributed by atoms with Crippen LogP contribution in [0.25, 0.3) is 11.3 Å². The van der Waals surface area contributed by atoms with E-state index in [1.165, 1.54) is 0 Å². The Morgan fingerprint density at radius 1 is 1.09 bits per heavy atom. The van der Waals surface area contributed by atoms with Crippen molar-refractivity contribution in [3.8, 4) is 11.3 Å².